The molecule has 5 fully saturated rings. The lowest BCUT2D eigenvalue weighted by molar-refractivity contribution is -0.163. The smallest absolute Gasteiger partial charge is 0.309 e. The fraction of sp³-hybridized carbons (Fsp3) is 0.840. The summed E-state index contributed by atoms with van der Waals surface area (Å²) in [7, 11) is 0. The first-order valence-corrected chi connectivity index (χ1v) is 12.0. The van der Waals surface area contributed by atoms with Gasteiger partial charge in [-0.05, 0) is 125 Å². The van der Waals surface area contributed by atoms with Gasteiger partial charge in [0.05, 0.1) is 11.1 Å². The van der Waals surface area contributed by atoms with E-state index in [9.17, 15) is 15.1 Å². The lowest BCUT2D eigenvalue weighted by Gasteiger charge is -2.58. The first-order valence-electron chi connectivity index (χ1n) is 12.0. The minimum atomic E-state index is -0.529. The van der Waals surface area contributed by atoms with Crippen molar-refractivity contribution in [3.05, 3.63) is 12.2 Å². The Bertz CT molecular complexity index is 730. The van der Waals surface area contributed by atoms with Gasteiger partial charge in [0.1, 0.15) is 0 Å². The molecule has 0 radical (unpaired) electrons. The summed E-state index contributed by atoms with van der Waals surface area (Å²) in [5.74, 6) is 4.62. The molecular weight excluding hydrogens is 362 g/mol. The second-order valence-corrected chi connectivity index (χ2v) is 11.2. The Kier molecular flexibility index (Phi) is 4.83. The number of aliphatic carboxylic acids is 1. The van der Waals surface area contributed by atoms with Crippen LogP contribution in [0.2, 0.25) is 0 Å². The number of carbonyl (C=O) groups is 1. The maximum absolute atomic E-state index is 12.5. The van der Waals surface area contributed by atoms with E-state index < -0.39 is 11.4 Å². The molecule has 9 atom stereocenters. The molecule has 0 spiro atoms. The van der Waals surface area contributed by atoms with Crippen LogP contribution in [0.3, 0.4) is 0 Å². The molecule has 0 heterocycles. The van der Waals surface area contributed by atoms with E-state index in [1.165, 1.54) is 37.7 Å². The van der Waals surface area contributed by atoms with Gasteiger partial charge in [-0.2, -0.15) is 0 Å². The molecule has 4 nitrogen and oxygen atoms in total. The molecule has 0 amide bonds. The number of carboxylic acids is 1. The van der Waals surface area contributed by atoms with Crippen molar-refractivity contribution >= 4 is 11.7 Å². The highest BCUT2D eigenvalue weighted by molar-refractivity contribution is 5.84. The monoisotopic (exact) mass is 399 g/mol. The molecule has 0 aromatic heterocycles. The number of oxime groups is 1. The van der Waals surface area contributed by atoms with E-state index in [2.05, 4.69) is 18.7 Å². The van der Waals surface area contributed by atoms with Crippen molar-refractivity contribution in [1.82, 2.24) is 0 Å². The average Bonchev–Trinajstić information content (AvgIpc) is 3.14. The SMILES string of the molecule is C=C(C)[C@@H]1CC[C@]2(C(=O)O)CC[C@H]3[C@@H]4CC[C@H]5C/C(=N\O)CC[C@@H]5[C@H]4CC[C@@H]3[C@@H]12. The summed E-state index contributed by atoms with van der Waals surface area (Å²) in [6.07, 6.45) is 12.1. The molecule has 29 heavy (non-hydrogen) atoms. The molecule has 2 N–H and O–H groups in total. The van der Waals surface area contributed by atoms with Crippen LogP contribution in [0, 0.1) is 52.8 Å². The summed E-state index contributed by atoms with van der Waals surface area (Å²) in [5.41, 5.74) is 1.75. The summed E-state index contributed by atoms with van der Waals surface area (Å²) < 4.78 is 0. The van der Waals surface area contributed by atoms with Crippen molar-refractivity contribution in [3.8, 4) is 0 Å². The Morgan fingerprint density at radius 2 is 1.62 bits per heavy atom. The maximum Gasteiger partial charge on any atom is 0.309 e. The largest absolute Gasteiger partial charge is 0.481 e. The number of carboxylic acid groups (broad SMARTS) is 1. The molecule has 5 aliphatic carbocycles. The molecule has 0 saturated heterocycles. The number of rotatable bonds is 2. The van der Waals surface area contributed by atoms with Crippen molar-refractivity contribution in [2.45, 2.75) is 77.6 Å². The molecule has 0 unspecified atom stereocenters. The Balaban J connectivity index is 1.41. The molecule has 0 aromatic rings. The van der Waals surface area contributed by atoms with Crippen LogP contribution < -0.4 is 0 Å². The van der Waals surface area contributed by atoms with Gasteiger partial charge < -0.3 is 10.3 Å². The predicted molar refractivity (Wildman–Crippen MR) is 113 cm³/mol. The third-order valence-corrected chi connectivity index (χ3v) is 10.3. The zero-order valence-electron chi connectivity index (χ0n) is 17.9. The van der Waals surface area contributed by atoms with Gasteiger partial charge in [0.25, 0.3) is 0 Å². The molecular formula is C25H37NO3. The fourth-order valence-corrected chi connectivity index (χ4v) is 9.26. The Morgan fingerprint density at radius 3 is 2.34 bits per heavy atom. The van der Waals surface area contributed by atoms with Crippen LogP contribution in [0.5, 0.6) is 0 Å². The predicted octanol–water partition coefficient (Wildman–Crippen LogP) is 5.75. The maximum atomic E-state index is 12.5. The van der Waals surface area contributed by atoms with Crippen LogP contribution in [0.1, 0.15) is 77.6 Å². The number of nitrogens with zero attached hydrogens (tertiary/aromatic N) is 1. The van der Waals surface area contributed by atoms with Gasteiger partial charge in [0, 0.05) is 0 Å². The lowest BCUT2D eigenvalue weighted by Crippen LogP contribution is -2.53. The summed E-state index contributed by atoms with van der Waals surface area (Å²) in [6.45, 7) is 6.41. The highest BCUT2D eigenvalue weighted by Crippen LogP contribution is 2.66. The summed E-state index contributed by atoms with van der Waals surface area (Å²) >= 11 is 0. The second kappa shape index (κ2) is 7.13. The third kappa shape index (κ3) is 2.84. The number of hydrogen-bond donors (Lipinski definition) is 2. The Hall–Kier alpha value is -1.32. The Labute approximate surface area is 174 Å². The van der Waals surface area contributed by atoms with Crippen molar-refractivity contribution in [2.75, 3.05) is 0 Å². The number of fused-ring (bicyclic) bond motifs is 7. The zero-order valence-corrected chi connectivity index (χ0v) is 17.9. The van der Waals surface area contributed by atoms with Crippen LogP contribution in [0.25, 0.3) is 0 Å². The van der Waals surface area contributed by atoms with E-state index >= 15 is 0 Å². The highest BCUT2D eigenvalue weighted by Gasteiger charge is 2.62. The fourth-order valence-electron chi connectivity index (χ4n) is 9.26. The molecule has 0 bridgehead atoms. The molecule has 5 rings (SSSR count). The van der Waals surface area contributed by atoms with Gasteiger partial charge in [-0.15, -0.1) is 0 Å². The normalized spacial score (nSPS) is 50.2. The van der Waals surface area contributed by atoms with Crippen LogP contribution in [-0.2, 0) is 4.79 Å². The molecule has 5 aliphatic rings. The molecule has 0 aliphatic heterocycles. The van der Waals surface area contributed by atoms with E-state index in [0.29, 0.717) is 23.7 Å². The summed E-state index contributed by atoms with van der Waals surface area (Å²) in [5, 5.41) is 23.0. The van der Waals surface area contributed by atoms with Gasteiger partial charge in [0.2, 0.25) is 0 Å². The van der Waals surface area contributed by atoms with Gasteiger partial charge in [-0.3, -0.25) is 4.79 Å². The first-order chi connectivity index (χ1) is 14.0. The molecule has 0 aromatic carbocycles. The highest BCUT2D eigenvalue weighted by atomic mass is 16.4. The van der Waals surface area contributed by atoms with E-state index in [-0.39, 0.29) is 0 Å². The minimum Gasteiger partial charge on any atom is -0.481 e. The van der Waals surface area contributed by atoms with Crippen molar-refractivity contribution in [2.24, 2.45) is 57.9 Å². The Morgan fingerprint density at radius 1 is 0.966 bits per heavy atom. The van der Waals surface area contributed by atoms with E-state index in [1.807, 2.05) is 0 Å². The van der Waals surface area contributed by atoms with Gasteiger partial charge in [-0.25, -0.2) is 0 Å². The van der Waals surface area contributed by atoms with E-state index in [4.69, 9.17) is 0 Å². The van der Waals surface area contributed by atoms with Crippen LogP contribution in [-0.4, -0.2) is 22.0 Å². The number of allylic oxidation sites excluding steroid dienone is 1. The number of hydrogen-bond acceptors (Lipinski definition) is 3. The lowest BCUT2D eigenvalue weighted by atomic mass is 9.46. The van der Waals surface area contributed by atoms with Crippen LogP contribution in [0.15, 0.2) is 17.3 Å². The standard InChI is InChI=1S/C25H37NO3/c1-14(2)17-9-11-25(24(27)28)12-10-21-20-5-3-15-13-16(26-29)4-6-18(15)19(20)7-8-22(21)23(17)25/h15,17-23,29H,1,3-13H2,2H3,(H,27,28)/b26-16-/t15-,17-,18-,19+,20+,21-,22-,23+,25-/m0/s1. The second-order valence-electron chi connectivity index (χ2n) is 11.2. The van der Waals surface area contributed by atoms with Crippen molar-refractivity contribution in [1.29, 1.82) is 0 Å². The van der Waals surface area contributed by atoms with Gasteiger partial charge in [-0.1, -0.05) is 17.3 Å². The third-order valence-electron chi connectivity index (χ3n) is 10.3. The molecule has 5 saturated carbocycles. The first kappa shape index (κ1) is 19.6. The van der Waals surface area contributed by atoms with Crippen LogP contribution >= 0.6 is 0 Å². The quantitative estimate of drug-likeness (QED) is 0.353. The molecule has 4 heteroatoms. The van der Waals surface area contributed by atoms with E-state index in [0.717, 1.165) is 67.9 Å². The van der Waals surface area contributed by atoms with Gasteiger partial charge in [0.15, 0.2) is 0 Å². The summed E-state index contributed by atoms with van der Waals surface area (Å²) in [6, 6.07) is 0. The van der Waals surface area contributed by atoms with Crippen molar-refractivity contribution in [3.63, 3.8) is 0 Å². The van der Waals surface area contributed by atoms with Crippen LogP contribution in [0.4, 0.5) is 0 Å². The minimum absolute atomic E-state index is 0.314. The summed E-state index contributed by atoms with van der Waals surface area (Å²) in [4.78, 5) is 12.5. The topological polar surface area (TPSA) is 69.9 Å². The average molecular weight is 400 g/mol. The van der Waals surface area contributed by atoms with Crippen molar-refractivity contribution < 1.29 is 15.1 Å². The molecule has 160 valence electrons. The zero-order chi connectivity index (χ0) is 20.3. The van der Waals surface area contributed by atoms with E-state index in [1.54, 1.807) is 0 Å². The van der Waals surface area contributed by atoms with Gasteiger partial charge >= 0.3 is 5.97 Å².